The maximum absolute atomic E-state index is 13.7. The van der Waals surface area contributed by atoms with Crippen molar-refractivity contribution in [3.8, 4) is 44.5 Å². The van der Waals surface area contributed by atoms with Gasteiger partial charge in [0.1, 0.15) is 0 Å². The monoisotopic (exact) mass is 813 g/mol. The van der Waals surface area contributed by atoms with E-state index in [2.05, 4.69) is 22.1 Å². The molecule has 0 aliphatic carbocycles. The maximum Gasteiger partial charge on any atom is 0.273 e. The first-order chi connectivity index (χ1) is 29.8. The zero-order valence-electron chi connectivity index (χ0n) is 32.5. The van der Waals surface area contributed by atoms with Crippen molar-refractivity contribution in [2.24, 2.45) is 0 Å². The number of rotatable bonds is 8. The lowest BCUT2D eigenvalue weighted by atomic mass is 10.0. The van der Waals surface area contributed by atoms with Gasteiger partial charge in [-0.2, -0.15) is 0 Å². The lowest BCUT2D eigenvalue weighted by molar-refractivity contribution is -0.385. The number of H-pyrrole nitrogens is 2. The second kappa shape index (κ2) is 15.3. The summed E-state index contributed by atoms with van der Waals surface area (Å²) in [4.78, 5) is 30.0. The van der Waals surface area contributed by atoms with Crippen molar-refractivity contribution in [1.29, 1.82) is 0 Å². The second-order valence-corrected chi connectivity index (χ2v) is 16.8. The molecule has 9 nitrogen and oxygen atoms in total. The molecule has 0 fully saturated rings. The van der Waals surface area contributed by atoms with E-state index in [1.807, 2.05) is 127 Å². The van der Waals surface area contributed by atoms with E-state index >= 15 is 0 Å². The highest BCUT2D eigenvalue weighted by Gasteiger charge is 2.24. The van der Waals surface area contributed by atoms with Gasteiger partial charge in [-0.25, -0.2) is 18.4 Å². The van der Waals surface area contributed by atoms with E-state index in [9.17, 15) is 18.5 Å². The van der Waals surface area contributed by atoms with Crippen LogP contribution in [0.1, 0.15) is 28.3 Å². The van der Waals surface area contributed by atoms with Gasteiger partial charge >= 0.3 is 0 Å². The molecule has 2 aliphatic heterocycles. The van der Waals surface area contributed by atoms with Crippen LogP contribution >= 0.6 is 0 Å². The molecule has 10 heteroatoms. The minimum absolute atomic E-state index is 0.0742. The van der Waals surface area contributed by atoms with Crippen molar-refractivity contribution in [3.05, 3.63) is 202 Å². The van der Waals surface area contributed by atoms with Gasteiger partial charge in [-0.15, -0.1) is 0 Å². The third-order valence-electron chi connectivity index (χ3n) is 11.0. The number of aromatic amines is 2. The van der Waals surface area contributed by atoms with Crippen LogP contribution < -0.4 is 0 Å². The molecule has 294 valence electrons. The molecule has 61 heavy (non-hydrogen) atoms. The summed E-state index contributed by atoms with van der Waals surface area (Å²) < 4.78 is 27.4. The number of nitrogens with zero attached hydrogens (tertiary/aromatic N) is 3. The summed E-state index contributed by atoms with van der Waals surface area (Å²) >= 11 is 0. The third-order valence-corrected chi connectivity index (χ3v) is 12.6. The van der Waals surface area contributed by atoms with E-state index in [1.165, 1.54) is 18.2 Å². The Bertz CT molecular complexity index is 3220. The average molecular weight is 814 g/mol. The van der Waals surface area contributed by atoms with E-state index in [0.29, 0.717) is 22.2 Å². The predicted octanol–water partition coefficient (Wildman–Crippen LogP) is 12.2. The first-order valence-corrected chi connectivity index (χ1v) is 21.3. The minimum atomic E-state index is -3.94. The number of nitro groups is 1. The SMILES string of the molecule is O=[N+]([O-])c1ccc(-c2c3ccc([nH]3)c(-c3ccccc3)c3nc(c(-c4ccccc4)c4nc(c(-c5ccccc5)c5ccc2[nH]5)C=C4)C=C3)cc1CS(=O)(=O)c1ccccc1. The second-order valence-electron chi connectivity index (χ2n) is 14.8. The van der Waals surface area contributed by atoms with Gasteiger partial charge in [0.2, 0.25) is 0 Å². The third kappa shape index (κ3) is 7.04. The van der Waals surface area contributed by atoms with Gasteiger partial charge in [0, 0.05) is 56.0 Å². The van der Waals surface area contributed by atoms with Crippen LogP contribution in [0.4, 0.5) is 5.69 Å². The quantitative estimate of drug-likeness (QED) is 0.116. The molecule has 8 aromatic rings. The van der Waals surface area contributed by atoms with Gasteiger partial charge in [0.25, 0.3) is 5.69 Å². The Kier molecular flexibility index (Phi) is 9.38. The number of aromatic nitrogens is 4. The summed E-state index contributed by atoms with van der Waals surface area (Å²) in [5, 5.41) is 12.4. The molecule has 0 spiro atoms. The summed E-state index contributed by atoms with van der Waals surface area (Å²) in [6, 6.07) is 51.0. The number of hydrogen-bond acceptors (Lipinski definition) is 6. The number of hydrogen-bond donors (Lipinski definition) is 2. The lowest BCUT2D eigenvalue weighted by Crippen LogP contribution is -2.07. The Hall–Kier alpha value is -7.95. The van der Waals surface area contributed by atoms with Crippen molar-refractivity contribution in [2.45, 2.75) is 10.6 Å². The van der Waals surface area contributed by atoms with E-state index in [4.69, 9.17) is 9.97 Å². The van der Waals surface area contributed by atoms with E-state index in [-0.39, 0.29) is 16.1 Å². The van der Waals surface area contributed by atoms with Crippen molar-refractivity contribution < 1.29 is 13.3 Å². The molecule has 0 amide bonds. The van der Waals surface area contributed by atoms with Crippen LogP contribution in [0.5, 0.6) is 0 Å². The topological polar surface area (TPSA) is 135 Å². The molecule has 8 bridgehead atoms. The van der Waals surface area contributed by atoms with E-state index < -0.39 is 20.5 Å². The summed E-state index contributed by atoms with van der Waals surface area (Å²) in [7, 11) is -3.94. The first kappa shape index (κ1) is 37.3. The molecular formula is C51H35N5O4S. The smallest absolute Gasteiger partial charge is 0.273 e. The molecule has 5 aromatic carbocycles. The van der Waals surface area contributed by atoms with Crippen molar-refractivity contribution in [2.75, 3.05) is 0 Å². The number of nitro benzene ring substituents is 1. The molecule has 3 aromatic heterocycles. The molecule has 0 saturated carbocycles. The Morgan fingerprint density at radius 3 is 1.30 bits per heavy atom. The fourth-order valence-electron chi connectivity index (χ4n) is 8.19. The van der Waals surface area contributed by atoms with Crippen LogP contribution in [0.2, 0.25) is 0 Å². The Balaban J connectivity index is 1.32. The van der Waals surface area contributed by atoms with Gasteiger partial charge in [0.05, 0.1) is 38.3 Å². The van der Waals surface area contributed by atoms with Crippen molar-refractivity contribution in [3.63, 3.8) is 0 Å². The predicted molar refractivity (Wildman–Crippen MR) is 245 cm³/mol. The Morgan fingerprint density at radius 1 is 0.459 bits per heavy atom. The molecule has 0 radical (unpaired) electrons. The van der Waals surface area contributed by atoms with Gasteiger partial charge in [-0.05, 0) is 95.1 Å². The van der Waals surface area contributed by atoms with Crippen LogP contribution in [0.15, 0.2) is 169 Å². The molecule has 0 atom stereocenters. The highest BCUT2D eigenvalue weighted by Crippen LogP contribution is 2.39. The van der Waals surface area contributed by atoms with Gasteiger partial charge < -0.3 is 9.97 Å². The highest BCUT2D eigenvalue weighted by molar-refractivity contribution is 7.90. The maximum atomic E-state index is 13.7. The Morgan fingerprint density at radius 2 is 0.852 bits per heavy atom. The molecule has 0 saturated heterocycles. The summed E-state index contributed by atoms with van der Waals surface area (Å²) in [6.07, 6.45) is 8.13. The molecule has 2 N–H and O–H groups in total. The van der Waals surface area contributed by atoms with Crippen molar-refractivity contribution >= 4 is 61.9 Å². The summed E-state index contributed by atoms with van der Waals surface area (Å²) in [5.74, 6) is -0.559. The van der Waals surface area contributed by atoms with Gasteiger partial charge in [-0.3, -0.25) is 10.1 Å². The summed E-state index contributed by atoms with van der Waals surface area (Å²) in [5.41, 5.74) is 12.7. The van der Waals surface area contributed by atoms with Crippen LogP contribution in [0.25, 0.3) is 90.9 Å². The van der Waals surface area contributed by atoms with Crippen LogP contribution in [0, 0.1) is 10.1 Å². The number of nitrogens with one attached hydrogen (secondary N) is 2. The highest BCUT2D eigenvalue weighted by atomic mass is 32.2. The first-order valence-electron chi connectivity index (χ1n) is 19.7. The fraction of sp³-hybridized carbons (Fsp3) is 0.0196. The van der Waals surface area contributed by atoms with Crippen LogP contribution in [0.3, 0.4) is 0 Å². The number of sulfone groups is 1. The van der Waals surface area contributed by atoms with Crippen LogP contribution in [-0.2, 0) is 15.6 Å². The van der Waals surface area contributed by atoms with Gasteiger partial charge in [-0.1, -0.05) is 109 Å². The average Bonchev–Trinajstić information content (AvgIpc) is 4.13. The molecule has 5 heterocycles. The largest absolute Gasteiger partial charge is 0.354 e. The molecular weight excluding hydrogens is 779 g/mol. The fourth-order valence-corrected chi connectivity index (χ4v) is 9.56. The molecule has 10 rings (SSSR count). The molecule has 0 unspecified atom stereocenters. The number of benzene rings is 5. The zero-order valence-corrected chi connectivity index (χ0v) is 33.3. The molecule has 2 aliphatic rings. The number of fused-ring (bicyclic) bond motifs is 8. The zero-order chi connectivity index (χ0) is 41.5. The minimum Gasteiger partial charge on any atom is -0.354 e. The van der Waals surface area contributed by atoms with Gasteiger partial charge in [0.15, 0.2) is 9.84 Å². The summed E-state index contributed by atoms with van der Waals surface area (Å²) in [6.45, 7) is 0. The normalized spacial score (nSPS) is 12.1. The Labute approximate surface area is 351 Å². The van der Waals surface area contributed by atoms with E-state index in [0.717, 1.165) is 67.2 Å². The standard InChI is InChI=1S/C51H35N5O4S/c57-56(58)47-30-21-36(31-37(47)32-61(59,60)38-19-11-4-12-20-38)51-45-28-26-43(54-45)49(34-15-7-2-8-16-34)41-24-22-39(52-41)48(33-13-5-1-6-14-33)40-23-25-42(53-40)50(35-17-9-3-10-18-35)44-27-29-46(51)55-44/h1-31,54-55H,32H2. The lowest BCUT2D eigenvalue weighted by Gasteiger charge is -2.09. The van der Waals surface area contributed by atoms with Crippen molar-refractivity contribution in [1.82, 2.24) is 19.9 Å². The van der Waals surface area contributed by atoms with Crippen LogP contribution in [-0.4, -0.2) is 33.3 Å². The van der Waals surface area contributed by atoms with E-state index in [1.54, 1.807) is 30.3 Å².